The van der Waals surface area contributed by atoms with Crippen LogP contribution in [0.25, 0.3) is 0 Å². The number of aromatic amines is 1. The molecule has 2 aromatic rings. The van der Waals surface area contributed by atoms with Crippen LogP contribution in [0.4, 0.5) is 0 Å². The molecule has 1 aromatic heterocycles. The van der Waals surface area contributed by atoms with Gasteiger partial charge >= 0.3 is 0 Å². The van der Waals surface area contributed by atoms with Crippen molar-refractivity contribution in [2.24, 2.45) is 0 Å². The molecule has 3 rings (SSSR count). The lowest BCUT2D eigenvalue weighted by atomic mass is 9.96. The molecule has 1 heterocycles. The van der Waals surface area contributed by atoms with Gasteiger partial charge in [0.15, 0.2) is 0 Å². The fraction of sp³-hybridized carbons (Fsp3) is 0.286. The highest BCUT2D eigenvalue weighted by Crippen LogP contribution is 2.47. The van der Waals surface area contributed by atoms with Crippen LogP contribution in [0, 0.1) is 0 Å². The predicted octanol–water partition coefficient (Wildman–Crippen LogP) is 1.87. The van der Waals surface area contributed by atoms with Crippen LogP contribution in [0.5, 0.6) is 0 Å². The number of carbonyl (C=O) groups excluding carboxylic acids is 1. The number of hydrogen-bond acceptors (Lipinski definition) is 2. The summed E-state index contributed by atoms with van der Waals surface area (Å²) in [6.45, 7) is 0.689. The Labute approximate surface area is 105 Å². The molecule has 1 aromatic carbocycles. The lowest BCUT2D eigenvalue weighted by Crippen LogP contribution is -2.32. The zero-order valence-electron chi connectivity index (χ0n) is 10.0. The van der Waals surface area contributed by atoms with Crippen LogP contribution in [0.15, 0.2) is 42.6 Å². The van der Waals surface area contributed by atoms with E-state index in [0.29, 0.717) is 12.2 Å². The SMILES string of the molecule is O=C(NCC1(c2ccccc2)CC1)c1ccn[nH]1. The van der Waals surface area contributed by atoms with Crippen LogP contribution >= 0.6 is 0 Å². The van der Waals surface area contributed by atoms with Gasteiger partial charge in [0, 0.05) is 18.2 Å². The van der Waals surface area contributed by atoms with Crippen LogP contribution in [-0.2, 0) is 5.41 Å². The Morgan fingerprint density at radius 3 is 2.67 bits per heavy atom. The highest BCUT2D eigenvalue weighted by Gasteiger charge is 2.44. The van der Waals surface area contributed by atoms with E-state index in [4.69, 9.17) is 0 Å². The molecule has 18 heavy (non-hydrogen) atoms. The number of benzene rings is 1. The first kappa shape index (κ1) is 11.0. The van der Waals surface area contributed by atoms with Crippen molar-refractivity contribution < 1.29 is 4.79 Å². The molecule has 1 fully saturated rings. The van der Waals surface area contributed by atoms with Gasteiger partial charge in [-0.3, -0.25) is 9.89 Å². The summed E-state index contributed by atoms with van der Waals surface area (Å²) in [4.78, 5) is 11.8. The molecule has 0 aliphatic heterocycles. The first-order valence-electron chi connectivity index (χ1n) is 6.13. The lowest BCUT2D eigenvalue weighted by Gasteiger charge is -2.16. The first-order valence-corrected chi connectivity index (χ1v) is 6.13. The van der Waals surface area contributed by atoms with Gasteiger partial charge in [-0.1, -0.05) is 30.3 Å². The molecule has 0 unspecified atom stereocenters. The summed E-state index contributed by atoms with van der Waals surface area (Å²) < 4.78 is 0. The summed E-state index contributed by atoms with van der Waals surface area (Å²) in [6, 6.07) is 12.1. The molecule has 0 bridgehead atoms. The Bertz CT molecular complexity index is 529. The van der Waals surface area contributed by atoms with Crippen molar-refractivity contribution in [2.45, 2.75) is 18.3 Å². The van der Waals surface area contributed by atoms with Crippen molar-refractivity contribution in [2.75, 3.05) is 6.54 Å². The van der Waals surface area contributed by atoms with Crippen molar-refractivity contribution >= 4 is 5.91 Å². The summed E-state index contributed by atoms with van der Waals surface area (Å²) in [7, 11) is 0. The minimum Gasteiger partial charge on any atom is -0.350 e. The molecule has 2 N–H and O–H groups in total. The first-order chi connectivity index (χ1) is 8.80. The molecular weight excluding hydrogens is 226 g/mol. The van der Waals surface area contributed by atoms with Crippen molar-refractivity contribution in [3.63, 3.8) is 0 Å². The molecular formula is C14H15N3O. The number of rotatable bonds is 4. The van der Waals surface area contributed by atoms with Crippen molar-refractivity contribution in [3.05, 3.63) is 53.9 Å². The maximum absolute atomic E-state index is 11.8. The molecule has 1 amide bonds. The van der Waals surface area contributed by atoms with Crippen LogP contribution in [-0.4, -0.2) is 22.6 Å². The zero-order chi connectivity index (χ0) is 12.4. The third-order valence-corrected chi connectivity index (χ3v) is 3.57. The maximum Gasteiger partial charge on any atom is 0.269 e. The standard InChI is InChI=1S/C14H15N3O/c18-13(12-6-9-16-17-12)15-10-14(7-8-14)11-4-2-1-3-5-11/h1-6,9H,7-8,10H2,(H,15,18)(H,16,17). The van der Waals surface area contributed by atoms with Crippen LogP contribution < -0.4 is 5.32 Å². The second-order valence-electron chi connectivity index (χ2n) is 4.80. The van der Waals surface area contributed by atoms with Gasteiger partial charge in [-0.05, 0) is 24.5 Å². The lowest BCUT2D eigenvalue weighted by molar-refractivity contribution is 0.0944. The van der Waals surface area contributed by atoms with Gasteiger partial charge < -0.3 is 5.32 Å². The zero-order valence-corrected chi connectivity index (χ0v) is 10.0. The number of aromatic nitrogens is 2. The molecule has 0 saturated heterocycles. The van der Waals surface area contributed by atoms with Crippen LogP contribution in [0.3, 0.4) is 0 Å². The average molecular weight is 241 g/mol. The summed E-state index contributed by atoms with van der Waals surface area (Å²) >= 11 is 0. The van der Waals surface area contributed by atoms with Crippen molar-refractivity contribution in [1.29, 1.82) is 0 Å². The Hall–Kier alpha value is -2.10. The van der Waals surface area contributed by atoms with Gasteiger partial charge in [0.25, 0.3) is 5.91 Å². The number of H-pyrrole nitrogens is 1. The third kappa shape index (κ3) is 2.01. The summed E-state index contributed by atoms with van der Waals surface area (Å²) in [6.07, 6.45) is 3.86. The monoisotopic (exact) mass is 241 g/mol. The normalized spacial score (nSPS) is 16.2. The number of nitrogens with one attached hydrogen (secondary N) is 2. The van der Waals surface area contributed by atoms with E-state index >= 15 is 0 Å². The molecule has 92 valence electrons. The molecule has 1 aliphatic rings. The van der Waals surface area contributed by atoms with E-state index in [2.05, 4.69) is 27.6 Å². The summed E-state index contributed by atoms with van der Waals surface area (Å²) in [5, 5.41) is 9.42. The Morgan fingerprint density at radius 2 is 2.06 bits per heavy atom. The van der Waals surface area contributed by atoms with Crippen molar-refractivity contribution in [1.82, 2.24) is 15.5 Å². The largest absolute Gasteiger partial charge is 0.350 e. The quantitative estimate of drug-likeness (QED) is 0.858. The van der Waals surface area contributed by atoms with E-state index < -0.39 is 0 Å². The fourth-order valence-corrected chi connectivity index (χ4v) is 2.24. The molecule has 1 aliphatic carbocycles. The molecule has 0 radical (unpaired) electrons. The number of hydrogen-bond donors (Lipinski definition) is 2. The highest BCUT2D eigenvalue weighted by molar-refractivity contribution is 5.92. The van der Waals surface area contributed by atoms with E-state index in [1.165, 1.54) is 5.56 Å². The number of carbonyl (C=O) groups is 1. The Kier molecular flexibility index (Phi) is 2.63. The van der Waals surface area contributed by atoms with Gasteiger partial charge in [0.2, 0.25) is 0 Å². The topological polar surface area (TPSA) is 57.8 Å². The van der Waals surface area contributed by atoms with E-state index in [-0.39, 0.29) is 11.3 Å². The summed E-state index contributed by atoms with van der Waals surface area (Å²) in [5.41, 5.74) is 1.98. The van der Waals surface area contributed by atoms with E-state index in [0.717, 1.165) is 12.8 Å². The van der Waals surface area contributed by atoms with E-state index in [1.807, 2.05) is 18.2 Å². The van der Waals surface area contributed by atoms with Gasteiger partial charge in [-0.25, -0.2) is 0 Å². The summed E-state index contributed by atoms with van der Waals surface area (Å²) in [5.74, 6) is -0.0882. The van der Waals surface area contributed by atoms with E-state index in [9.17, 15) is 4.79 Å². The molecule has 0 spiro atoms. The third-order valence-electron chi connectivity index (χ3n) is 3.57. The average Bonchev–Trinajstić information content (AvgIpc) is 3.01. The number of amides is 1. The molecule has 4 heteroatoms. The van der Waals surface area contributed by atoms with Gasteiger partial charge in [-0.15, -0.1) is 0 Å². The minimum absolute atomic E-state index is 0.0882. The van der Waals surface area contributed by atoms with E-state index in [1.54, 1.807) is 12.3 Å². The maximum atomic E-state index is 11.8. The second kappa shape index (κ2) is 4.29. The van der Waals surface area contributed by atoms with Crippen molar-refractivity contribution in [3.8, 4) is 0 Å². The number of nitrogens with zero attached hydrogens (tertiary/aromatic N) is 1. The minimum atomic E-state index is -0.0882. The van der Waals surface area contributed by atoms with Crippen LogP contribution in [0.2, 0.25) is 0 Å². The van der Waals surface area contributed by atoms with Crippen LogP contribution in [0.1, 0.15) is 28.9 Å². The highest BCUT2D eigenvalue weighted by atomic mass is 16.1. The molecule has 0 atom stereocenters. The second-order valence-corrected chi connectivity index (χ2v) is 4.80. The van der Waals surface area contributed by atoms with Gasteiger partial charge in [0.1, 0.15) is 5.69 Å². The van der Waals surface area contributed by atoms with Gasteiger partial charge in [0.05, 0.1) is 0 Å². The smallest absolute Gasteiger partial charge is 0.269 e. The molecule has 1 saturated carbocycles. The molecule has 4 nitrogen and oxygen atoms in total. The predicted molar refractivity (Wildman–Crippen MR) is 68.3 cm³/mol. The fourth-order valence-electron chi connectivity index (χ4n) is 2.24. The van der Waals surface area contributed by atoms with Gasteiger partial charge in [-0.2, -0.15) is 5.10 Å². The Morgan fingerprint density at radius 1 is 1.28 bits per heavy atom. The Balaban J connectivity index is 1.66.